The first-order chi connectivity index (χ1) is 11.1. The minimum Gasteiger partial charge on any atom is -0.324 e. The Morgan fingerprint density at radius 1 is 1.30 bits per heavy atom. The minimum atomic E-state index is -0.490. The maximum absolute atomic E-state index is 12.5. The van der Waals surface area contributed by atoms with Gasteiger partial charge in [-0.05, 0) is 48.6 Å². The van der Waals surface area contributed by atoms with Crippen LogP contribution < -0.4 is 5.32 Å². The first-order valence-electron chi connectivity index (χ1n) is 7.10. The molecule has 1 atom stereocenters. The number of nitrogens with zero attached hydrogens (tertiary/aromatic N) is 3. The predicted octanol–water partition coefficient (Wildman–Crippen LogP) is 2.31. The third-order valence-electron chi connectivity index (χ3n) is 3.80. The van der Waals surface area contributed by atoms with Crippen molar-refractivity contribution in [3.8, 4) is 0 Å². The number of thioether (sulfide) groups is 1. The molecule has 8 heteroatoms. The number of aryl methyl sites for hydroxylation is 2. The summed E-state index contributed by atoms with van der Waals surface area (Å²) >= 11 is 2.69. The van der Waals surface area contributed by atoms with E-state index in [4.69, 9.17) is 0 Å². The highest BCUT2D eigenvalue weighted by molar-refractivity contribution is 7.99. The van der Waals surface area contributed by atoms with E-state index >= 15 is 0 Å². The highest BCUT2D eigenvalue weighted by Gasteiger charge is 2.36. The molecule has 1 aromatic heterocycles. The zero-order valence-corrected chi connectivity index (χ0v) is 14.4. The molecule has 0 unspecified atom stereocenters. The lowest BCUT2D eigenvalue weighted by atomic mass is 10.1. The fraction of sp³-hybridized carbons (Fsp3) is 0.333. The van der Waals surface area contributed by atoms with Gasteiger partial charge in [0, 0.05) is 16.8 Å². The van der Waals surface area contributed by atoms with Gasteiger partial charge >= 0.3 is 0 Å². The molecule has 2 heterocycles. The van der Waals surface area contributed by atoms with Crippen LogP contribution >= 0.6 is 23.3 Å². The molecule has 1 N–H and O–H groups in total. The fourth-order valence-electron chi connectivity index (χ4n) is 2.31. The van der Waals surface area contributed by atoms with Crippen LogP contribution in [0, 0.1) is 13.8 Å². The van der Waals surface area contributed by atoms with Crippen LogP contribution in [0.15, 0.2) is 23.6 Å². The van der Waals surface area contributed by atoms with Gasteiger partial charge in [-0.1, -0.05) is 10.6 Å². The van der Waals surface area contributed by atoms with Crippen molar-refractivity contribution < 1.29 is 9.59 Å². The Balaban J connectivity index is 1.73. The van der Waals surface area contributed by atoms with Gasteiger partial charge in [-0.25, -0.2) is 0 Å². The first-order valence-corrected chi connectivity index (χ1v) is 9.09. The standard InChI is InChI=1S/C15H16N4O2S2/c1-9-3-4-11(5-10(9)2)16-14(20)13-7-22-8-19(13)15(21)12-6-23-18-17-12/h3-6,13H,7-8H2,1-2H3,(H,16,20)/t13-/m0/s1. The summed E-state index contributed by atoms with van der Waals surface area (Å²) in [5, 5.41) is 8.30. The van der Waals surface area contributed by atoms with E-state index in [1.54, 1.807) is 22.0 Å². The van der Waals surface area contributed by atoms with Crippen molar-refractivity contribution in [2.75, 3.05) is 16.9 Å². The Hall–Kier alpha value is -1.93. The number of rotatable bonds is 3. The zero-order valence-electron chi connectivity index (χ0n) is 12.8. The van der Waals surface area contributed by atoms with Gasteiger partial charge in [0.1, 0.15) is 6.04 Å². The lowest BCUT2D eigenvalue weighted by Crippen LogP contribution is -2.44. The lowest BCUT2D eigenvalue weighted by molar-refractivity contribution is -0.119. The van der Waals surface area contributed by atoms with Crippen molar-refractivity contribution >= 4 is 40.8 Å². The lowest BCUT2D eigenvalue weighted by Gasteiger charge is -2.22. The number of nitrogens with one attached hydrogen (secondary N) is 1. The second-order valence-electron chi connectivity index (χ2n) is 5.37. The molecule has 1 aromatic carbocycles. The van der Waals surface area contributed by atoms with Crippen molar-refractivity contribution in [2.24, 2.45) is 0 Å². The van der Waals surface area contributed by atoms with Gasteiger partial charge in [-0.3, -0.25) is 9.59 Å². The second-order valence-corrected chi connectivity index (χ2v) is 6.98. The molecule has 0 aliphatic carbocycles. The summed E-state index contributed by atoms with van der Waals surface area (Å²) in [5.74, 6) is 0.653. The molecule has 0 bridgehead atoms. The Labute approximate surface area is 142 Å². The maximum atomic E-state index is 12.5. The number of amides is 2. The van der Waals surface area contributed by atoms with Crippen LogP contribution in [-0.4, -0.2) is 44.0 Å². The number of hydrogen-bond acceptors (Lipinski definition) is 6. The third-order valence-corrected chi connectivity index (χ3v) is 5.32. The number of benzene rings is 1. The van der Waals surface area contributed by atoms with E-state index in [0.29, 0.717) is 17.3 Å². The highest BCUT2D eigenvalue weighted by atomic mass is 32.2. The van der Waals surface area contributed by atoms with E-state index < -0.39 is 6.04 Å². The van der Waals surface area contributed by atoms with Crippen molar-refractivity contribution in [2.45, 2.75) is 19.9 Å². The van der Waals surface area contributed by atoms with Crippen molar-refractivity contribution in [1.82, 2.24) is 14.5 Å². The van der Waals surface area contributed by atoms with Crippen LogP contribution in [0.2, 0.25) is 0 Å². The molecular weight excluding hydrogens is 332 g/mol. The van der Waals surface area contributed by atoms with E-state index in [2.05, 4.69) is 14.9 Å². The largest absolute Gasteiger partial charge is 0.324 e. The van der Waals surface area contributed by atoms with Gasteiger partial charge < -0.3 is 10.2 Å². The van der Waals surface area contributed by atoms with Crippen LogP contribution in [0.4, 0.5) is 5.69 Å². The average molecular weight is 348 g/mol. The van der Waals surface area contributed by atoms with Gasteiger partial charge in [0.25, 0.3) is 5.91 Å². The molecule has 0 radical (unpaired) electrons. The van der Waals surface area contributed by atoms with E-state index in [9.17, 15) is 9.59 Å². The summed E-state index contributed by atoms with van der Waals surface area (Å²) in [4.78, 5) is 26.5. The van der Waals surface area contributed by atoms with Gasteiger partial charge in [0.05, 0.1) is 5.88 Å². The summed E-state index contributed by atoms with van der Waals surface area (Å²) in [6.45, 7) is 4.03. The van der Waals surface area contributed by atoms with Crippen LogP contribution in [0.25, 0.3) is 0 Å². The SMILES string of the molecule is Cc1ccc(NC(=O)[C@@H]2CSCN2C(=O)c2csnn2)cc1C. The van der Waals surface area contributed by atoms with Crippen LogP contribution in [0.3, 0.4) is 0 Å². The Bertz CT molecular complexity index is 733. The summed E-state index contributed by atoms with van der Waals surface area (Å²) in [5.41, 5.74) is 3.33. The molecule has 0 saturated carbocycles. The average Bonchev–Trinajstić information content (AvgIpc) is 3.21. The number of carbonyl (C=O) groups is 2. The Kier molecular flexibility index (Phi) is 4.63. The van der Waals surface area contributed by atoms with E-state index in [-0.39, 0.29) is 11.8 Å². The van der Waals surface area contributed by atoms with Gasteiger partial charge in [-0.2, -0.15) is 0 Å². The zero-order chi connectivity index (χ0) is 16.4. The number of anilines is 1. The molecule has 0 spiro atoms. The molecule has 1 saturated heterocycles. The molecule has 1 aliphatic rings. The normalized spacial score (nSPS) is 17.3. The van der Waals surface area contributed by atoms with Crippen molar-refractivity contribution in [1.29, 1.82) is 0 Å². The van der Waals surface area contributed by atoms with Crippen LogP contribution in [0.1, 0.15) is 21.6 Å². The molecule has 3 rings (SSSR count). The van der Waals surface area contributed by atoms with Crippen molar-refractivity contribution in [3.05, 3.63) is 40.4 Å². The topological polar surface area (TPSA) is 75.2 Å². The van der Waals surface area contributed by atoms with Crippen LogP contribution in [0.5, 0.6) is 0 Å². The molecule has 23 heavy (non-hydrogen) atoms. The molecule has 2 aromatic rings. The molecular formula is C15H16N4O2S2. The maximum Gasteiger partial charge on any atom is 0.276 e. The molecule has 120 valence electrons. The number of hydrogen-bond donors (Lipinski definition) is 1. The predicted molar refractivity (Wildman–Crippen MR) is 91.7 cm³/mol. The second kappa shape index (κ2) is 6.67. The highest BCUT2D eigenvalue weighted by Crippen LogP contribution is 2.24. The van der Waals surface area contributed by atoms with Crippen molar-refractivity contribution in [3.63, 3.8) is 0 Å². The Morgan fingerprint density at radius 3 is 2.83 bits per heavy atom. The van der Waals surface area contributed by atoms with E-state index in [1.807, 2.05) is 32.0 Å². The van der Waals surface area contributed by atoms with E-state index in [0.717, 1.165) is 22.8 Å². The van der Waals surface area contributed by atoms with Gasteiger partial charge in [-0.15, -0.1) is 16.9 Å². The smallest absolute Gasteiger partial charge is 0.276 e. The number of carbonyl (C=O) groups excluding carboxylic acids is 2. The van der Waals surface area contributed by atoms with Gasteiger partial charge in [0.2, 0.25) is 5.91 Å². The van der Waals surface area contributed by atoms with Crippen LogP contribution in [-0.2, 0) is 4.79 Å². The molecule has 1 fully saturated rings. The number of aromatic nitrogens is 2. The summed E-state index contributed by atoms with van der Waals surface area (Å²) in [6.07, 6.45) is 0. The third kappa shape index (κ3) is 3.37. The van der Waals surface area contributed by atoms with E-state index in [1.165, 1.54) is 5.56 Å². The fourth-order valence-corrected chi connectivity index (χ4v) is 3.89. The summed E-state index contributed by atoms with van der Waals surface area (Å²) < 4.78 is 3.71. The van der Waals surface area contributed by atoms with Gasteiger partial charge in [0.15, 0.2) is 5.69 Å². The molecule has 1 aliphatic heterocycles. The molecule has 6 nitrogen and oxygen atoms in total. The summed E-state index contributed by atoms with van der Waals surface area (Å²) in [6, 6.07) is 5.29. The minimum absolute atomic E-state index is 0.171. The first kappa shape index (κ1) is 15.9. The monoisotopic (exact) mass is 348 g/mol. The molecule has 2 amide bonds. The summed E-state index contributed by atoms with van der Waals surface area (Å²) in [7, 11) is 0. The Morgan fingerprint density at radius 2 is 2.13 bits per heavy atom. The quantitative estimate of drug-likeness (QED) is 0.921.